The maximum absolute atomic E-state index is 6.44. The van der Waals surface area contributed by atoms with Crippen LogP contribution in [0.2, 0.25) is 0 Å². The van der Waals surface area contributed by atoms with Crippen LogP contribution in [0.3, 0.4) is 0 Å². The first-order valence-corrected chi connectivity index (χ1v) is 20.7. The van der Waals surface area contributed by atoms with Gasteiger partial charge in [0, 0.05) is 44.4 Å². The molecule has 0 saturated carbocycles. The van der Waals surface area contributed by atoms with Crippen LogP contribution in [0.4, 0.5) is 0 Å². The summed E-state index contributed by atoms with van der Waals surface area (Å²) in [6.45, 7) is 0. The summed E-state index contributed by atoms with van der Waals surface area (Å²) in [6.07, 6.45) is 2.01. The van der Waals surface area contributed by atoms with Crippen LogP contribution >= 0.6 is 0 Å². The van der Waals surface area contributed by atoms with E-state index in [2.05, 4.69) is 138 Å². The van der Waals surface area contributed by atoms with Crippen LogP contribution in [0.25, 0.3) is 117 Å². The van der Waals surface area contributed by atoms with Crippen molar-refractivity contribution in [2.75, 3.05) is 0 Å². The Labute approximate surface area is 357 Å². The standard InChI is InChI=1S/C56H35N5O/c1-5-18-36(19-6-1)41-28-17-29-42(37-20-7-2-8-21-37)50(41)40-34-45(55-59-53(38-22-9-3-10-23-38)58-54(60-55)39-24-11-4-12-25-39)56(57-35-40)61-46-30-15-13-26-43(46)51-47(61)32-33-49-52(51)44-27-14-16-31-48(44)62-49/h1-35H. The minimum Gasteiger partial charge on any atom is -0.456 e. The van der Waals surface area contributed by atoms with E-state index in [0.29, 0.717) is 23.3 Å². The Balaban J connectivity index is 1.21. The number of aromatic nitrogens is 5. The predicted molar refractivity (Wildman–Crippen MR) is 252 cm³/mol. The number of benzene rings is 8. The average Bonchev–Trinajstić information content (AvgIpc) is 3.90. The van der Waals surface area contributed by atoms with E-state index < -0.39 is 0 Å². The van der Waals surface area contributed by atoms with Crippen LogP contribution in [0.5, 0.6) is 0 Å². The fourth-order valence-corrected chi connectivity index (χ4v) is 8.95. The highest BCUT2D eigenvalue weighted by atomic mass is 16.3. The highest BCUT2D eigenvalue weighted by Crippen LogP contribution is 2.45. The zero-order chi connectivity index (χ0) is 41.0. The quantitative estimate of drug-likeness (QED) is 0.161. The van der Waals surface area contributed by atoms with E-state index in [9.17, 15) is 0 Å². The van der Waals surface area contributed by atoms with Gasteiger partial charge in [-0.2, -0.15) is 0 Å². The summed E-state index contributed by atoms with van der Waals surface area (Å²) in [7, 11) is 0. The van der Waals surface area contributed by atoms with Gasteiger partial charge >= 0.3 is 0 Å². The highest BCUT2D eigenvalue weighted by Gasteiger charge is 2.25. The van der Waals surface area contributed by atoms with Gasteiger partial charge in [-0.15, -0.1) is 0 Å². The Morgan fingerprint density at radius 1 is 0.355 bits per heavy atom. The van der Waals surface area contributed by atoms with Crippen LogP contribution in [0.15, 0.2) is 217 Å². The number of fused-ring (bicyclic) bond motifs is 7. The summed E-state index contributed by atoms with van der Waals surface area (Å²) in [5.74, 6) is 2.37. The van der Waals surface area contributed by atoms with Crippen molar-refractivity contribution in [1.29, 1.82) is 0 Å². The first kappa shape index (κ1) is 35.5. The molecular weight excluding hydrogens is 759 g/mol. The first-order valence-electron chi connectivity index (χ1n) is 20.7. The van der Waals surface area contributed by atoms with Crippen molar-refractivity contribution in [2.45, 2.75) is 0 Å². The molecule has 6 heteroatoms. The maximum Gasteiger partial charge on any atom is 0.167 e. The van der Waals surface area contributed by atoms with E-state index in [1.165, 1.54) is 0 Å². The van der Waals surface area contributed by atoms with Gasteiger partial charge in [-0.25, -0.2) is 19.9 Å². The summed E-state index contributed by atoms with van der Waals surface area (Å²) in [6, 6.07) is 71.1. The Morgan fingerprint density at radius 3 is 1.52 bits per heavy atom. The average molecular weight is 794 g/mol. The lowest BCUT2D eigenvalue weighted by Crippen LogP contribution is -2.06. The summed E-state index contributed by atoms with van der Waals surface area (Å²) >= 11 is 0. The van der Waals surface area contributed by atoms with Gasteiger partial charge in [-0.05, 0) is 58.1 Å². The minimum absolute atomic E-state index is 0.515. The van der Waals surface area contributed by atoms with Crippen LogP contribution in [0, 0.1) is 0 Å². The zero-order valence-corrected chi connectivity index (χ0v) is 33.4. The molecule has 4 aromatic heterocycles. The molecule has 0 aliphatic carbocycles. The second-order valence-corrected chi connectivity index (χ2v) is 15.4. The molecule has 62 heavy (non-hydrogen) atoms. The Kier molecular flexibility index (Phi) is 8.38. The van der Waals surface area contributed by atoms with Gasteiger partial charge in [0.1, 0.15) is 17.0 Å². The molecule has 0 amide bonds. The second kappa shape index (κ2) is 14.7. The van der Waals surface area contributed by atoms with E-state index in [0.717, 1.165) is 93.8 Å². The van der Waals surface area contributed by atoms with E-state index in [1.807, 2.05) is 79.0 Å². The molecule has 0 bridgehead atoms. The molecule has 0 aliphatic rings. The van der Waals surface area contributed by atoms with Crippen molar-refractivity contribution >= 4 is 43.7 Å². The molecule has 0 spiro atoms. The van der Waals surface area contributed by atoms with Gasteiger partial charge in [-0.1, -0.05) is 176 Å². The second-order valence-electron chi connectivity index (χ2n) is 15.4. The lowest BCUT2D eigenvalue weighted by molar-refractivity contribution is 0.669. The summed E-state index contributed by atoms with van der Waals surface area (Å²) in [4.78, 5) is 21.2. The largest absolute Gasteiger partial charge is 0.456 e. The first-order chi connectivity index (χ1) is 30.8. The number of pyridine rings is 1. The maximum atomic E-state index is 6.44. The topological polar surface area (TPSA) is 69.6 Å². The number of furan rings is 1. The Bertz CT molecular complexity index is 3500. The monoisotopic (exact) mass is 793 g/mol. The fraction of sp³-hybridized carbons (Fsp3) is 0. The van der Waals surface area contributed by atoms with E-state index >= 15 is 0 Å². The van der Waals surface area contributed by atoms with Gasteiger partial charge in [-0.3, -0.25) is 4.57 Å². The predicted octanol–water partition coefficient (Wildman–Crippen LogP) is 14.3. The molecule has 0 saturated heterocycles. The molecule has 8 aromatic carbocycles. The van der Waals surface area contributed by atoms with Crippen molar-refractivity contribution in [2.24, 2.45) is 0 Å². The molecule has 6 nitrogen and oxygen atoms in total. The summed E-state index contributed by atoms with van der Waals surface area (Å²) in [5.41, 5.74) is 12.7. The molecule has 0 unspecified atom stereocenters. The lowest BCUT2D eigenvalue weighted by atomic mass is 9.88. The van der Waals surface area contributed by atoms with Crippen molar-refractivity contribution in [3.05, 3.63) is 212 Å². The SMILES string of the molecule is c1ccc(-c2nc(-c3ccccc3)nc(-c3cc(-c4c(-c5ccccc5)cccc4-c4ccccc4)cnc3-n3c4ccccc4c4c5c(ccc43)oc3ccccc35)n2)cc1. The number of hydrogen-bond acceptors (Lipinski definition) is 5. The smallest absolute Gasteiger partial charge is 0.167 e. The third-order valence-electron chi connectivity index (χ3n) is 11.7. The molecule has 0 fully saturated rings. The molecular formula is C56H35N5O. The van der Waals surface area contributed by atoms with Gasteiger partial charge in [0.25, 0.3) is 0 Å². The highest BCUT2D eigenvalue weighted by molar-refractivity contribution is 6.27. The number of para-hydroxylation sites is 2. The normalized spacial score (nSPS) is 11.5. The van der Waals surface area contributed by atoms with Crippen molar-refractivity contribution in [3.63, 3.8) is 0 Å². The molecule has 12 aromatic rings. The molecule has 0 N–H and O–H groups in total. The third-order valence-corrected chi connectivity index (χ3v) is 11.7. The summed E-state index contributed by atoms with van der Waals surface area (Å²) in [5, 5.41) is 4.35. The van der Waals surface area contributed by atoms with Crippen molar-refractivity contribution < 1.29 is 4.42 Å². The van der Waals surface area contributed by atoms with Gasteiger partial charge < -0.3 is 4.42 Å². The van der Waals surface area contributed by atoms with Crippen molar-refractivity contribution in [3.8, 4) is 73.4 Å². The number of hydrogen-bond donors (Lipinski definition) is 0. The Morgan fingerprint density at radius 2 is 0.887 bits per heavy atom. The van der Waals surface area contributed by atoms with Crippen LogP contribution in [0.1, 0.15) is 0 Å². The number of nitrogens with zero attached hydrogens (tertiary/aromatic N) is 5. The zero-order valence-electron chi connectivity index (χ0n) is 33.4. The molecule has 4 heterocycles. The van der Waals surface area contributed by atoms with Crippen molar-refractivity contribution in [1.82, 2.24) is 24.5 Å². The molecule has 0 aliphatic heterocycles. The molecule has 0 atom stereocenters. The summed E-state index contributed by atoms with van der Waals surface area (Å²) < 4.78 is 8.70. The van der Waals surface area contributed by atoms with E-state index in [1.54, 1.807) is 0 Å². The Hall–Kier alpha value is -8.48. The van der Waals surface area contributed by atoms with Crippen LogP contribution < -0.4 is 0 Å². The lowest BCUT2D eigenvalue weighted by Gasteiger charge is -2.19. The van der Waals surface area contributed by atoms with Gasteiger partial charge in [0.05, 0.1) is 16.6 Å². The van der Waals surface area contributed by atoms with Gasteiger partial charge in [0.15, 0.2) is 17.5 Å². The van der Waals surface area contributed by atoms with Gasteiger partial charge in [0.2, 0.25) is 0 Å². The molecule has 0 radical (unpaired) electrons. The van der Waals surface area contributed by atoms with Crippen LogP contribution in [-0.4, -0.2) is 24.5 Å². The number of rotatable bonds is 7. The molecule has 12 rings (SSSR count). The van der Waals surface area contributed by atoms with E-state index in [4.69, 9.17) is 24.4 Å². The van der Waals surface area contributed by atoms with E-state index in [-0.39, 0.29) is 0 Å². The molecule has 290 valence electrons. The fourth-order valence-electron chi connectivity index (χ4n) is 8.95. The minimum atomic E-state index is 0.515. The third kappa shape index (κ3) is 5.88. The van der Waals surface area contributed by atoms with Crippen LogP contribution in [-0.2, 0) is 0 Å².